The van der Waals surface area contributed by atoms with Gasteiger partial charge in [-0.15, -0.1) is 0 Å². The summed E-state index contributed by atoms with van der Waals surface area (Å²) in [7, 11) is 0. The summed E-state index contributed by atoms with van der Waals surface area (Å²) >= 11 is 0. The number of carboxylic acid groups (broad SMARTS) is 1. The van der Waals surface area contributed by atoms with E-state index >= 15 is 0 Å². The fourth-order valence-corrected chi connectivity index (χ4v) is 4.53. The van der Waals surface area contributed by atoms with Crippen LogP contribution in [-0.2, 0) is 0 Å². The third-order valence-electron chi connectivity index (χ3n) is 6.20. The van der Waals surface area contributed by atoms with E-state index in [0.717, 1.165) is 53.8 Å². The van der Waals surface area contributed by atoms with Crippen LogP contribution in [0.2, 0.25) is 0 Å². The van der Waals surface area contributed by atoms with E-state index in [1.807, 2.05) is 18.2 Å². The van der Waals surface area contributed by atoms with E-state index in [2.05, 4.69) is 53.4 Å². The molecule has 1 N–H and O–H groups in total. The predicted molar refractivity (Wildman–Crippen MR) is 125 cm³/mol. The average molecular weight is 409 g/mol. The van der Waals surface area contributed by atoms with Gasteiger partial charge in [0.1, 0.15) is 0 Å². The molecule has 1 aliphatic rings. The van der Waals surface area contributed by atoms with Crippen molar-refractivity contribution in [3.05, 3.63) is 96.1 Å². The summed E-state index contributed by atoms with van der Waals surface area (Å²) in [6.07, 6.45) is 2.18. The Kier molecular flexibility index (Phi) is 5.13. The molecule has 0 aliphatic carbocycles. The van der Waals surface area contributed by atoms with Crippen LogP contribution in [0.5, 0.6) is 0 Å². The summed E-state index contributed by atoms with van der Waals surface area (Å²) < 4.78 is 0. The van der Waals surface area contributed by atoms with Crippen molar-refractivity contribution in [2.24, 2.45) is 0 Å². The van der Waals surface area contributed by atoms with Crippen LogP contribution in [0, 0.1) is 0 Å². The first kappa shape index (κ1) is 19.3. The second kappa shape index (κ2) is 8.23. The molecular formula is C27H24N2O2. The van der Waals surface area contributed by atoms with Crippen molar-refractivity contribution in [2.45, 2.75) is 18.8 Å². The fraction of sp³-hybridized carbons (Fsp3) is 0.185. The molecule has 0 spiro atoms. The molecule has 4 heteroatoms. The van der Waals surface area contributed by atoms with Gasteiger partial charge in [0, 0.05) is 24.0 Å². The Morgan fingerprint density at radius 3 is 2.23 bits per heavy atom. The number of piperidine rings is 1. The number of carboxylic acids is 1. The van der Waals surface area contributed by atoms with Crippen LogP contribution >= 0.6 is 0 Å². The molecule has 5 rings (SSSR count). The van der Waals surface area contributed by atoms with Gasteiger partial charge in [0.15, 0.2) is 0 Å². The largest absolute Gasteiger partial charge is 0.478 e. The molecule has 0 radical (unpaired) electrons. The highest BCUT2D eigenvalue weighted by Gasteiger charge is 2.23. The lowest BCUT2D eigenvalue weighted by Gasteiger charge is -2.35. The van der Waals surface area contributed by atoms with Gasteiger partial charge in [-0.3, -0.25) is 0 Å². The molecule has 0 bridgehead atoms. The first-order chi connectivity index (χ1) is 15.2. The van der Waals surface area contributed by atoms with Crippen LogP contribution in [0.1, 0.15) is 34.7 Å². The van der Waals surface area contributed by atoms with Gasteiger partial charge in [-0.2, -0.15) is 0 Å². The molecule has 1 aliphatic heterocycles. The minimum Gasteiger partial charge on any atom is -0.478 e. The molecular weight excluding hydrogens is 384 g/mol. The minimum atomic E-state index is -0.917. The Morgan fingerprint density at radius 2 is 1.55 bits per heavy atom. The monoisotopic (exact) mass is 408 g/mol. The zero-order valence-electron chi connectivity index (χ0n) is 17.2. The van der Waals surface area contributed by atoms with Crippen LogP contribution in [0.15, 0.2) is 84.9 Å². The third-order valence-corrected chi connectivity index (χ3v) is 6.20. The number of aromatic carboxylic acids is 1. The number of hydrogen-bond acceptors (Lipinski definition) is 3. The van der Waals surface area contributed by atoms with Crippen LogP contribution < -0.4 is 4.90 Å². The van der Waals surface area contributed by atoms with Gasteiger partial charge in [0.05, 0.1) is 22.5 Å². The van der Waals surface area contributed by atoms with Gasteiger partial charge in [0.2, 0.25) is 0 Å². The molecule has 1 fully saturated rings. The quantitative estimate of drug-likeness (QED) is 0.451. The maximum Gasteiger partial charge on any atom is 0.335 e. The van der Waals surface area contributed by atoms with Gasteiger partial charge < -0.3 is 10.0 Å². The highest BCUT2D eigenvalue weighted by atomic mass is 16.4. The van der Waals surface area contributed by atoms with E-state index in [-0.39, 0.29) is 5.56 Å². The molecule has 31 heavy (non-hydrogen) atoms. The van der Waals surface area contributed by atoms with E-state index in [9.17, 15) is 9.90 Å². The molecule has 2 heterocycles. The van der Waals surface area contributed by atoms with Crippen LogP contribution in [0.25, 0.3) is 22.2 Å². The first-order valence-electron chi connectivity index (χ1n) is 10.7. The van der Waals surface area contributed by atoms with Crippen molar-refractivity contribution in [3.63, 3.8) is 0 Å². The summed E-state index contributed by atoms with van der Waals surface area (Å²) in [5, 5.41) is 10.3. The number of hydrogen-bond donors (Lipinski definition) is 1. The van der Waals surface area contributed by atoms with E-state index in [1.165, 1.54) is 5.56 Å². The number of carbonyl (C=O) groups is 1. The van der Waals surface area contributed by atoms with Crippen LogP contribution in [0.3, 0.4) is 0 Å². The number of aromatic nitrogens is 1. The molecule has 1 saturated heterocycles. The molecule has 4 nitrogen and oxygen atoms in total. The molecule has 0 amide bonds. The summed E-state index contributed by atoms with van der Waals surface area (Å²) in [5.41, 5.74) is 5.62. The summed E-state index contributed by atoms with van der Waals surface area (Å²) in [5.74, 6) is -0.344. The van der Waals surface area contributed by atoms with Crippen molar-refractivity contribution in [3.8, 4) is 11.3 Å². The normalized spacial score (nSPS) is 14.6. The maximum absolute atomic E-state index is 11.5. The fourth-order valence-electron chi connectivity index (χ4n) is 4.53. The highest BCUT2D eigenvalue weighted by Crippen LogP contribution is 2.36. The van der Waals surface area contributed by atoms with E-state index < -0.39 is 5.97 Å². The Bertz CT molecular complexity index is 1210. The van der Waals surface area contributed by atoms with E-state index in [0.29, 0.717) is 5.92 Å². The smallest absolute Gasteiger partial charge is 0.335 e. The lowest BCUT2D eigenvalue weighted by molar-refractivity contribution is 0.0697. The molecule has 0 atom stereocenters. The number of nitrogens with zero attached hydrogens (tertiary/aromatic N) is 2. The number of benzene rings is 3. The zero-order chi connectivity index (χ0) is 21.2. The summed E-state index contributed by atoms with van der Waals surface area (Å²) in [6, 6.07) is 28.2. The van der Waals surface area contributed by atoms with Gasteiger partial charge >= 0.3 is 5.97 Å². The number of rotatable bonds is 4. The molecule has 3 aromatic carbocycles. The molecule has 154 valence electrons. The maximum atomic E-state index is 11.5. The summed E-state index contributed by atoms with van der Waals surface area (Å²) in [4.78, 5) is 18.8. The number of anilines is 1. The Morgan fingerprint density at radius 1 is 0.871 bits per heavy atom. The Balaban J connectivity index is 1.53. The van der Waals surface area contributed by atoms with Crippen molar-refractivity contribution >= 4 is 22.6 Å². The van der Waals surface area contributed by atoms with E-state index in [4.69, 9.17) is 4.98 Å². The standard InChI is InChI=1S/C27H24N2O2/c30-27(31)22-11-12-24-23(17-22)18-25(26(28-24)21-9-5-2-6-10-21)29-15-13-20(14-16-29)19-7-3-1-4-8-19/h1-12,17-18,20H,13-16H2,(H,30,31). The van der Waals surface area contributed by atoms with Crippen molar-refractivity contribution in [1.82, 2.24) is 4.98 Å². The Hall–Kier alpha value is -3.66. The molecule has 0 unspecified atom stereocenters. The molecule has 1 aromatic heterocycles. The van der Waals surface area contributed by atoms with Gasteiger partial charge in [-0.05, 0) is 48.6 Å². The lowest BCUT2D eigenvalue weighted by atomic mass is 9.89. The van der Waals surface area contributed by atoms with Crippen molar-refractivity contribution < 1.29 is 9.90 Å². The highest BCUT2D eigenvalue weighted by molar-refractivity contribution is 5.96. The van der Waals surface area contributed by atoms with Gasteiger partial charge in [-0.25, -0.2) is 9.78 Å². The zero-order valence-corrected chi connectivity index (χ0v) is 17.2. The Labute approximate surface area is 181 Å². The number of fused-ring (bicyclic) bond motifs is 1. The predicted octanol–water partition coefficient (Wildman–Crippen LogP) is 5.98. The van der Waals surface area contributed by atoms with Crippen LogP contribution in [-0.4, -0.2) is 29.1 Å². The third kappa shape index (κ3) is 3.89. The average Bonchev–Trinajstić information content (AvgIpc) is 2.84. The van der Waals surface area contributed by atoms with Gasteiger partial charge in [-0.1, -0.05) is 60.7 Å². The summed E-state index contributed by atoms with van der Waals surface area (Å²) in [6.45, 7) is 1.90. The van der Waals surface area contributed by atoms with Gasteiger partial charge in [0.25, 0.3) is 0 Å². The second-order valence-electron chi connectivity index (χ2n) is 8.11. The molecule has 0 saturated carbocycles. The second-order valence-corrected chi connectivity index (χ2v) is 8.11. The molecule has 4 aromatic rings. The SMILES string of the molecule is O=C(O)c1ccc2nc(-c3ccccc3)c(N3CCC(c4ccccc4)CC3)cc2c1. The van der Waals surface area contributed by atoms with E-state index in [1.54, 1.807) is 18.2 Å². The van der Waals surface area contributed by atoms with Crippen molar-refractivity contribution in [2.75, 3.05) is 18.0 Å². The minimum absolute atomic E-state index is 0.287. The number of pyridine rings is 1. The lowest BCUT2D eigenvalue weighted by Crippen LogP contribution is -2.33. The van der Waals surface area contributed by atoms with Crippen molar-refractivity contribution in [1.29, 1.82) is 0 Å². The van der Waals surface area contributed by atoms with Crippen LogP contribution in [0.4, 0.5) is 5.69 Å². The first-order valence-corrected chi connectivity index (χ1v) is 10.7. The topological polar surface area (TPSA) is 53.4 Å².